The third-order valence-corrected chi connectivity index (χ3v) is 2.95. The topological polar surface area (TPSA) is 55.6 Å². The molecule has 0 aliphatic carbocycles. The average molecular weight is 275 g/mol. The van der Waals surface area contributed by atoms with E-state index in [4.69, 9.17) is 0 Å². The van der Waals surface area contributed by atoms with E-state index in [1.165, 1.54) is 18.5 Å². The molecule has 1 aromatic carbocycles. The zero-order valence-corrected chi connectivity index (χ0v) is 10.6. The maximum atomic E-state index is 13.7. The Bertz CT molecular complexity index is 769. The van der Waals surface area contributed by atoms with E-state index in [-0.39, 0.29) is 5.69 Å². The van der Waals surface area contributed by atoms with Crippen molar-refractivity contribution in [1.29, 1.82) is 0 Å². The van der Waals surface area contributed by atoms with E-state index in [0.717, 1.165) is 6.07 Å². The maximum Gasteiger partial charge on any atom is 0.182 e. The summed E-state index contributed by atoms with van der Waals surface area (Å²) in [6.07, 6.45) is 2.99. The normalized spacial score (nSPS) is 10.9. The van der Waals surface area contributed by atoms with Crippen LogP contribution in [0.4, 0.5) is 20.3 Å². The second-order valence-corrected chi connectivity index (χ2v) is 4.15. The van der Waals surface area contributed by atoms with Crippen LogP contribution in [0.3, 0.4) is 0 Å². The Labute approximate surface area is 113 Å². The second kappa shape index (κ2) is 4.84. The van der Waals surface area contributed by atoms with Gasteiger partial charge in [0.1, 0.15) is 6.33 Å². The first-order chi connectivity index (χ1) is 9.70. The van der Waals surface area contributed by atoms with E-state index >= 15 is 0 Å². The number of nitrogens with zero attached hydrogens (tertiary/aromatic N) is 4. The van der Waals surface area contributed by atoms with Crippen LogP contribution in [0.25, 0.3) is 11.2 Å². The Kier molecular flexibility index (Phi) is 3.02. The van der Waals surface area contributed by atoms with Gasteiger partial charge in [-0.05, 0) is 19.1 Å². The fourth-order valence-corrected chi connectivity index (χ4v) is 1.93. The van der Waals surface area contributed by atoms with E-state index < -0.39 is 11.6 Å². The van der Waals surface area contributed by atoms with E-state index in [2.05, 4.69) is 20.3 Å². The molecule has 0 unspecified atom stereocenters. The molecule has 3 rings (SSSR count). The van der Waals surface area contributed by atoms with Crippen LogP contribution < -0.4 is 5.32 Å². The van der Waals surface area contributed by atoms with Gasteiger partial charge in [-0.3, -0.25) is 0 Å². The highest BCUT2D eigenvalue weighted by molar-refractivity contribution is 5.85. The summed E-state index contributed by atoms with van der Waals surface area (Å²) in [5, 5.41) is 2.75. The van der Waals surface area contributed by atoms with Crippen LogP contribution in [0, 0.1) is 11.6 Å². The van der Waals surface area contributed by atoms with Crippen molar-refractivity contribution in [1.82, 2.24) is 19.5 Å². The number of hydrogen-bond donors (Lipinski definition) is 1. The summed E-state index contributed by atoms with van der Waals surface area (Å²) in [5.41, 5.74) is 1.16. The summed E-state index contributed by atoms with van der Waals surface area (Å²) >= 11 is 0. The molecule has 0 aliphatic heterocycles. The van der Waals surface area contributed by atoms with Crippen molar-refractivity contribution in [2.75, 3.05) is 5.32 Å². The Morgan fingerprint density at radius 2 is 2.05 bits per heavy atom. The minimum Gasteiger partial charge on any atom is -0.336 e. The molecule has 0 radical (unpaired) electrons. The summed E-state index contributed by atoms with van der Waals surface area (Å²) in [6, 6.07) is 3.91. The number of aryl methyl sites for hydroxylation is 1. The monoisotopic (exact) mass is 275 g/mol. The Hall–Kier alpha value is -2.57. The molecule has 1 N–H and O–H groups in total. The number of hydrogen-bond acceptors (Lipinski definition) is 4. The first-order valence-corrected chi connectivity index (χ1v) is 6.07. The van der Waals surface area contributed by atoms with Crippen LogP contribution in [-0.4, -0.2) is 19.5 Å². The molecular weight excluding hydrogens is 264 g/mol. The van der Waals surface area contributed by atoms with E-state index in [1.807, 2.05) is 11.5 Å². The summed E-state index contributed by atoms with van der Waals surface area (Å²) in [6.45, 7) is 2.67. The molecule has 2 heterocycles. The summed E-state index contributed by atoms with van der Waals surface area (Å²) in [7, 11) is 0. The molecule has 0 atom stereocenters. The molecule has 102 valence electrons. The number of fused-ring (bicyclic) bond motifs is 1. The molecule has 3 aromatic rings. The lowest BCUT2D eigenvalue weighted by Gasteiger charge is -2.07. The number of imidazole rings is 1. The molecule has 0 aliphatic rings. The molecule has 0 amide bonds. The van der Waals surface area contributed by atoms with Crippen LogP contribution >= 0.6 is 0 Å². The summed E-state index contributed by atoms with van der Waals surface area (Å²) < 4.78 is 28.7. The van der Waals surface area contributed by atoms with Gasteiger partial charge in [-0.25, -0.2) is 23.7 Å². The van der Waals surface area contributed by atoms with Gasteiger partial charge in [0, 0.05) is 6.54 Å². The highest BCUT2D eigenvalue weighted by Crippen LogP contribution is 2.24. The number of benzene rings is 1. The Balaban J connectivity index is 2.07. The van der Waals surface area contributed by atoms with E-state index in [1.54, 1.807) is 6.33 Å². The molecule has 0 fully saturated rings. The van der Waals surface area contributed by atoms with Crippen LogP contribution in [0.1, 0.15) is 6.92 Å². The van der Waals surface area contributed by atoms with Gasteiger partial charge in [-0.1, -0.05) is 6.07 Å². The fraction of sp³-hybridized carbons (Fsp3) is 0.154. The molecule has 2 aromatic heterocycles. The van der Waals surface area contributed by atoms with Crippen LogP contribution in [-0.2, 0) is 6.54 Å². The van der Waals surface area contributed by atoms with Gasteiger partial charge in [0.25, 0.3) is 0 Å². The molecule has 0 saturated carbocycles. The first-order valence-electron chi connectivity index (χ1n) is 6.07. The van der Waals surface area contributed by atoms with Crippen LogP contribution in [0.5, 0.6) is 0 Å². The van der Waals surface area contributed by atoms with Crippen molar-refractivity contribution in [3.05, 3.63) is 42.5 Å². The number of halogens is 2. The van der Waals surface area contributed by atoms with Gasteiger partial charge in [0.05, 0.1) is 12.0 Å². The minimum atomic E-state index is -0.950. The lowest BCUT2D eigenvalue weighted by Crippen LogP contribution is -2.00. The largest absolute Gasteiger partial charge is 0.336 e. The van der Waals surface area contributed by atoms with Crippen molar-refractivity contribution in [3.8, 4) is 0 Å². The molecule has 7 heteroatoms. The third-order valence-electron chi connectivity index (χ3n) is 2.95. The standard InChI is InChI=1S/C13H11F2N5/c1-2-20-7-18-11-12(16-6-17-13(11)20)19-9-5-3-4-8(14)10(9)15/h3-7H,2H2,1H3,(H,16,17,19). The van der Waals surface area contributed by atoms with Gasteiger partial charge < -0.3 is 9.88 Å². The SMILES string of the molecule is CCn1cnc2c(Nc3cccc(F)c3F)ncnc21. The second-order valence-electron chi connectivity index (χ2n) is 4.15. The summed E-state index contributed by atoms with van der Waals surface area (Å²) in [5.74, 6) is -1.53. The number of anilines is 2. The van der Waals surface area contributed by atoms with Crippen molar-refractivity contribution in [2.24, 2.45) is 0 Å². The summed E-state index contributed by atoms with van der Waals surface area (Å²) in [4.78, 5) is 12.4. The maximum absolute atomic E-state index is 13.7. The van der Waals surface area contributed by atoms with Gasteiger partial charge in [0.15, 0.2) is 28.6 Å². The lowest BCUT2D eigenvalue weighted by molar-refractivity contribution is 0.511. The Morgan fingerprint density at radius 3 is 2.85 bits per heavy atom. The lowest BCUT2D eigenvalue weighted by atomic mass is 10.3. The van der Waals surface area contributed by atoms with Crippen molar-refractivity contribution in [3.63, 3.8) is 0 Å². The van der Waals surface area contributed by atoms with Gasteiger partial charge in [-0.15, -0.1) is 0 Å². The molecule has 0 bridgehead atoms. The molecule has 20 heavy (non-hydrogen) atoms. The number of rotatable bonds is 3. The highest BCUT2D eigenvalue weighted by Gasteiger charge is 2.13. The van der Waals surface area contributed by atoms with Crippen molar-refractivity contribution < 1.29 is 8.78 Å². The number of aromatic nitrogens is 4. The zero-order chi connectivity index (χ0) is 14.1. The molecule has 5 nitrogen and oxygen atoms in total. The van der Waals surface area contributed by atoms with E-state index in [0.29, 0.717) is 23.5 Å². The quantitative estimate of drug-likeness (QED) is 0.798. The van der Waals surface area contributed by atoms with E-state index in [9.17, 15) is 8.78 Å². The first kappa shape index (κ1) is 12.5. The smallest absolute Gasteiger partial charge is 0.182 e. The predicted molar refractivity (Wildman–Crippen MR) is 70.6 cm³/mol. The van der Waals surface area contributed by atoms with Gasteiger partial charge in [0.2, 0.25) is 0 Å². The van der Waals surface area contributed by atoms with Crippen molar-refractivity contribution >= 4 is 22.7 Å². The Morgan fingerprint density at radius 1 is 1.20 bits per heavy atom. The molecular formula is C13H11F2N5. The average Bonchev–Trinajstić information content (AvgIpc) is 2.88. The third kappa shape index (κ3) is 1.97. The van der Waals surface area contributed by atoms with Gasteiger partial charge >= 0.3 is 0 Å². The van der Waals surface area contributed by atoms with Gasteiger partial charge in [-0.2, -0.15) is 0 Å². The zero-order valence-electron chi connectivity index (χ0n) is 10.6. The van der Waals surface area contributed by atoms with Crippen molar-refractivity contribution in [2.45, 2.75) is 13.5 Å². The molecule has 0 spiro atoms. The fourth-order valence-electron chi connectivity index (χ4n) is 1.93. The highest BCUT2D eigenvalue weighted by atomic mass is 19.2. The molecule has 0 saturated heterocycles. The minimum absolute atomic E-state index is 0.0102. The predicted octanol–water partition coefficient (Wildman–Crippen LogP) is 2.87. The number of nitrogens with one attached hydrogen (secondary N) is 1. The van der Waals surface area contributed by atoms with Crippen LogP contribution in [0.2, 0.25) is 0 Å². The van der Waals surface area contributed by atoms with Crippen LogP contribution in [0.15, 0.2) is 30.9 Å².